The Bertz CT molecular complexity index is 960. The summed E-state index contributed by atoms with van der Waals surface area (Å²) < 4.78 is 13.4. The summed E-state index contributed by atoms with van der Waals surface area (Å²) in [6, 6.07) is 16.6. The van der Waals surface area contributed by atoms with Gasteiger partial charge in [0, 0.05) is 36.1 Å². The van der Waals surface area contributed by atoms with Gasteiger partial charge >= 0.3 is 0 Å². The van der Waals surface area contributed by atoms with Crippen LogP contribution in [0.5, 0.6) is 11.5 Å². The lowest BCUT2D eigenvalue weighted by atomic mass is 9.96. The fraction of sp³-hybridized carbons (Fsp3) is 0.400. The monoisotopic (exact) mass is 405 g/mol. The van der Waals surface area contributed by atoms with E-state index in [2.05, 4.69) is 57.8 Å². The largest absolute Gasteiger partial charge is 0.493 e. The fourth-order valence-electron chi connectivity index (χ4n) is 4.41. The van der Waals surface area contributed by atoms with Gasteiger partial charge in [0.2, 0.25) is 0 Å². The van der Waals surface area contributed by atoms with E-state index in [0.717, 1.165) is 43.5 Å². The van der Waals surface area contributed by atoms with Gasteiger partial charge in [0.1, 0.15) is 5.82 Å². The molecule has 1 aliphatic rings. The van der Waals surface area contributed by atoms with E-state index in [1.54, 1.807) is 14.2 Å². The average molecular weight is 406 g/mol. The molecule has 0 amide bonds. The van der Waals surface area contributed by atoms with Crippen LogP contribution in [0.4, 0.5) is 0 Å². The second kappa shape index (κ2) is 9.35. The smallest absolute Gasteiger partial charge is 0.165 e. The molecule has 1 aliphatic heterocycles. The Morgan fingerprint density at radius 1 is 0.967 bits per heavy atom. The topological polar surface area (TPSA) is 39.5 Å². The van der Waals surface area contributed by atoms with Crippen LogP contribution in [-0.4, -0.2) is 41.8 Å². The molecular formula is C25H31N3O2. The lowest BCUT2D eigenvalue weighted by Crippen LogP contribution is -2.34. The fourth-order valence-corrected chi connectivity index (χ4v) is 4.41. The second-order valence-electron chi connectivity index (χ2n) is 8.07. The number of likely N-dealkylation sites (tertiary alicyclic amines) is 1. The highest BCUT2D eigenvalue weighted by Crippen LogP contribution is 2.32. The molecule has 0 bridgehead atoms. The van der Waals surface area contributed by atoms with Crippen LogP contribution in [0, 0.1) is 12.8 Å². The van der Waals surface area contributed by atoms with E-state index in [1.807, 2.05) is 18.3 Å². The number of hydrogen-bond donors (Lipinski definition) is 0. The molecule has 30 heavy (non-hydrogen) atoms. The highest BCUT2D eigenvalue weighted by Gasteiger charge is 2.23. The normalized spacial score (nSPS) is 15.3. The Morgan fingerprint density at radius 3 is 2.43 bits per heavy atom. The van der Waals surface area contributed by atoms with Gasteiger partial charge in [-0.25, -0.2) is 4.98 Å². The van der Waals surface area contributed by atoms with Crippen LogP contribution in [0.25, 0.3) is 11.4 Å². The van der Waals surface area contributed by atoms with Crippen molar-refractivity contribution >= 4 is 0 Å². The van der Waals surface area contributed by atoms with E-state index < -0.39 is 0 Å². The molecule has 5 nitrogen and oxygen atoms in total. The molecule has 0 N–H and O–H groups in total. The molecule has 4 rings (SSSR count). The molecule has 0 saturated carbocycles. The van der Waals surface area contributed by atoms with E-state index in [-0.39, 0.29) is 0 Å². The van der Waals surface area contributed by atoms with Gasteiger partial charge in [-0.2, -0.15) is 0 Å². The van der Waals surface area contributed by atoms with Crippen molar-refractivity contribution in [2.45, 2.75) is 32.9 Å². The van der Waals surface area contributed by atoms with Gasteiger partial charge in [0.25, 0.3) is 0 Å². The molecule has 2 heterocycles. The van der Waals surface area contributed by atoms with Crippen LogP contribution in [-0.2, 0) is 13.1 Å². The van der Waals surface area contributed by atoms with Crippen LogP contribution in [0.1, 0.15) is 24.1 Å². The van der Waals surface area contributed by atoms with Crippen LogP contribution in [0.3, 0.4) is 0 Å². The average Bonchev–Trinajstić information content (AvgIpc) is 3.15. The molecule has 1 saturated heterocycles. The number of para-hydroxylation sites is 1. The van der Waals surface area contributed by atoms with E-state index in [9.17, 15) is 0 Å². The number of methoxy groups -OCH3 is 2. The summed E-state index contributed by atoms with van der Waals surface area (Å²) in [5, 5.41) is 0. The maximum Gasteiger partial charge on any atom is 0.165 e. The number of aromatic nitrogens is 2. The number of aryl methyl sites for hydroxylation is 1. The third-order valence-corrected chi connectivity index (χ3v) is 6.11. The molecule has 0 radical (unpaired) electrons. The molecule has 5 heteroatoms. The lowest BCUT2D eigenvalue weighted by molar-refractivity contribution is 0.165. The molecular weight excluding hydrogens is 374 g/mol. The third kappa shape index (κ3) is 4.36. The van der Waals surface area contributed by atoms with Gasteiger partial charge in [-0.1, -0.05) is 42.5 Å². The minimum Gasteiger partial charge on any atom is -0.493 e. The minimum atomic E-state index is 0.670. The van der Waals surface area contributed by atoms with Gasteiger partial charge < -0.3 is 14.0 Å². The van der Waals surface area contributed by atoms with Crippen molar-refractivity contribution in [3.63, 3.8) is 0 Å². The minimum absolute atomic E-state index is 0.670. The predicted molar refractivity (Wildman–Crippen MR) is 120 cm³/mol. The van der Waals surface area contributed by atoms with Crippen molar-refractivity contribution in [2.24, 2.45) is 5.92 Å². The molecule has 0 atom stereocenters. The molecule has 0 aliphatic carbocycles. The summed E-state index contributed by atoms with van der Waals surface area (Å²) in [4.78, 5) is 7.20. The molecule has 1 fully saturated rings. The van der Waals surface area contributed by atoms with Crippen molar-refractivity contribution in [1.29, 1.82) is 0 Å². The Kier molecular flexibility index (Phi) is 6.38. The summed E-state index contributed by atoms with van der Waals surface area (Å²) in [6.45, 7) is 6.28. The van der Waals surface area contributed by atoms with Crippen molar-refractivity contribution in [3.05, 3.63) is 66.0 Å². The Morgan fingerprint density at radius 2 is 1.73 bits per heavy atom. The van der Waals surface area contributed by atoms with E-state index in [4.69, 9.17) is 9.47 Å². The summed E-state index contributed by atoms with van der Waals surface area (Å²) in [5.74, 6) is 3.40. The van der Waals surface area contributed by atoms with Crippen LogP contribution >= 0.6 is 0 Å². The maximum absolute atomic E-state index is 5.61. The summed E-state index contributed by atoms with van der Waals surface area (Å²) in [5.41, 5.74) is 3.61. The standard InChI is InChI=1S/C25H31N3O2/c1-19-16-26-25(21-8-5-4-6-9-21)28(19)17-20-12-14-27(15-13-20)18-22-10-7-11-23(29-2)24(22)30-3/h4-11,16,20H,12-15,17-18H2,1-3H3. The maximum atomic E-state index is 5.61. The number of benzene rings is 2. The van der Waals surface area contributed by atoms with Crippen molar-refractivity contribution in [3.8, 4) is 22.9 Å². The zero-order valence-corrected chi connectivity index (χ0v) is 18.2. The number of ether oxygens (including phenoxy) is 2. The summed E-state index contributed by atoms with van der Waals surface area (Å²) in [7, 11) is 3.40. The van der Waals surface area contributed by atoms with Crippen LogP contribution in [0.2, 0.25) is 0 Å². The van der Waals surface area contributed by atoms with Crippen molar-refractivity contribution < 1.29 is 9.47 Å². The highest BCUT2D eigenvalue weighted by atomic mass is 16.5. The summed E-state index contributed by atoms with van der Waals surface area (Å²) in [6.07, 6.45) is 4.38. The Hall–Kier alpha value is -2.79. The van der Waals surface area contributed by atoms with Crippen molar-refractivity contribution in [2.75, 3.05) is 27.3 Å². The summed E-state index contributed by atoms with van der Waals surface area (Å²) >= 11 is 0. The number of nitrogens with zero attached hydrogens (tertiary/aromatic N) is 3. The Balaban J connectivity index is 1.39. The number of rotatable bonds is 7. The van der Waals surface area contributed by atoms with Gasteiger partial charge in [-0.15, -0.1) is 0 Å². The van der Waals surface area contributed by atoms with E-state index in [0.29, 0.717) is 5.92 Å². The molecule has 2 aromatic carbocycles. The third-order valence-electron chi connectivity index (χ3n) is 6.11. The van der Waals surface area contributed by atoms with E-state index >= 15 is 0 Å². The predicted octanol–water partition coefficient (Wildman–Crippen LogP) is 4.79. The zero-order chi connectivity index (χ0) is 20.9. The zero-order valence-electron chi connectivity index (χ0n) is 18.2. The van der Waals surface area contributed by atoms with Gasteiger partial charge in [0.05, 0.1) is 14.2 Å². The quantitative estimate of drug-likeness (QED) is 0.567. The van der Waals surface area contributed by atoms with Crippen LogP contribution < -0.4 is 9.47 Å². The lowest BCUT2D eigenvalue weighted by Gasteiger charge is -2.33. The molecule has 158 valence electrons. The highest BCUT2D eigenvalue weighted by molar-refractivity contribution is 5.55. The van der Waals surface area contributed by atoms with E-state index in [1.165, 1.54) is 29.7 Å². The van der Waals surface area contributed by atoms with Gasteiger partial charge in [0.15, 0.2) is 11.5 Å². The van der Waals surface area contributed by atoms with Crippen molar-refractivity contribution in [1.82, 2.24) is 14.5 Å². The first-order valence-corrected chi connectivity index (χ1v) is 10.7. The number of imidazole rings is 1. The molecule has 3 aromatic rings. The molecule has 0 unspecified atom stereocenters. The van der Waals surface area contributed by atoms with Gasteiger partial charge in [-0.05, 0) is 44.8 Å². The number of hydrogen-bond acceptors (Lipinski definition) is 4. The first-order chi connectivity index (χ1) is 14.7. The number of piperidine rings is 1. The SMILES string of the molecule is COc1cccc(CN2CCC(Cn3c(C)cnc3-c3ccccc3)CC2)c1OC. The first-order valence-electron chi connectivity index (χ1n) is 10.7. The second-order valence-corrected chi connectivity index (χ2v) is 8.07. The van der Waals surface area contributed by atoms with Crippen LogP contribution in [0.15, 0.2) is 54.7 Å². The molecule has 0 spiro atoms. The Labute approximate surface area is 179 Å². The molecule has 1 aromatic heterocycles. The van der Waals surface area contributed by atoms with Gasteiger partial charge in [-0.3, -0.25) is 4.90 Å². The first kappa shape index (κ1) is 20.5.